The molecule has 25 heavy (non-hydrogen) atoms. The van der Waals surface area contributed by atoms with Crippen molar-refractivity contribution in [1.82, 2.24) is 0 Å². The number of hydrogen-bond donors (Lipinski definition) is 0. The molecule has 2 rings (SSSR count). The van der Waals surface area contributed by atoms with Crippen LogP contribution in [-0.4, -0.2) is 0 Å². The van der Waals surface area contributed by atoms with Gasteiger partial charge in [0.1, 0.15) is 0 Å². The minimum Gasteiger partial charge on any atom is -0.0961 e. The van der Waals surface area contributed by atoms with Crippen molar-refractivity contribution >= 4 is 22.4 Å². The van der Waals surface area contributed by atoms with Crippen LogP contribution in [0.1, 0.15) is 45.7 Å². The van der Waals surface area contributed by atoms with Crippen molar-refractivity contribution in [3.8, 4) is 0 Å². The Balaban J connectivity index is 2.74. The van der Waals surface area contributed by atoms with Crippen molar-refractivity contribution in [2.45, 2.75) is 34.6 Å². The number of allylic oxidation sites excluding steroid dienone is 8. The molecule has 0 atom stereocenters. The highest BCUT2D eigenvalue weighted by Crippen LogP contribution is 2.34. The first kappa shape index (κ1) is 18.7. The van der Waals surface area contributed by atoms with Crippen LogP contribution in [-0.2, 0) is 0 Å². The maximum absolute atomic E-state index is 3.96. The van der Waals surface area contributed by atoms with E-state index in [1.165, 1.54) is 38.6 Å². The van der Waals surface area contributed by atoms with Crippen molar-refractivity contribution in [1.29, 1.82) is 0 Å². The highest BCUT2D eigenvalue weighted by molar-refractivity contribution is 6.02. The number of benzene rings is 2. The summed E-state index contributed by atoms with van der Waals surface area (Å²) < 4.78 is 0. The SMILES string of the molecule is C=C(C)C=Cc1ccc(C(=CC)C(C=CC)=C(C)C)c2ccccc12. The molecule has 0 fully saturated rings. The summed E-state index contributed by atoms with van der Waals surface area (Å²) in [6.45, 7) is 14.5. The van der Waals surface area contributed by atoms with Crippen molar-refractivity contribution in [2.24, 2.45) is 0 Å². The zero-order valence-corrected chi connectivity index (χ0v) is 16.1. The monoisotopic (exact) mass is 328 g/mol. The van der Waals surface area contributed by atoms with Crippen LogP contribution >= 0.6 is 0 Å². The summed E-state index contributed by atoms with van der Waals surface area (Å²) in [5, 5.41) is 2.55. The zero-order chi connectivity index (χ0) is 18.4. The summed E-state index contributed by atoms with van der Waals surface area (Å²) in [5.74, 6) is 0. The number of fused-ring (bicyclic) bond motifs is 1. The van der Waals surface area contributed by atoms with Gasteiger partial charge < -0.3 is 0 Å². The summed E-state index contributed by atoms with van der Waals surface area (Å²) >= 11 is 0. The van der Waals surface area contributed by atoms with Crippen LogP contribution in [0, 0.1) is 0 Å². The van der Waals surface area contributed by atoms with Crippen molar-refractivity contribution < 1.29 is 0 Å². The molecule has 0 aliphatic heterocycles. The Morgan fingerprint density at radius 3 is 2.12 bits per heavy atom. The Morgan fingerprint density at radius 2 is 1.56 bits per heavy atom. The highest BCUT2D eigenvalue weighted by Gasteiger charge is 2.11. The molecule has 2 aromatic carbocycles. The minimum absolute atomic E-state index is 1.06. The average Bonchev–Trinajstić information content (AvgIpc) is 2.60. The molecule has 0 aliphatic carbocycles. The van der Waals surface area contributed by atoms with Gasteiger partial charge in [-0.1, -0.05) is 84.5 Å². The molecular formula is C25H28. The molecule has 0 N–H and O–H groups in total. The van der Waals surface area contributed by atoms with Crippen LogP contribution in [0.4, 0.5) is 0 Å². The van der Waals surface area contributed by atoms with Gasteiger partial charge in [-0.15, -0.1) is 0 Å². The van der Waals surface area contributed by atoms with E-state index >= 15 is 0 Å². The third kappa shape index (κ3) is 4.28. The Kier molecular flexibility index (Phi) is 6.36. The lowest BCUT2D eigenvalue weighted by molar-refractivity contribution is 1.34. The zero-order valence-electron chi connectivity index (χ0n) is 16.1. The van der Waals surface area contributed by atoms with Crippen LogP contribution in [0.5, 0.6) is 0 Å². The molecule has 0 bridgehead atoms. The normalized spacial score (nSPS) is 12.3. The second-order valence-electron chi connectivity index (χ2n) is 6.54. The van der Waals surface area contributed by atoms with E-state index in [9.17, 15) is 0 Å². The van der Waals surface area contributed by atoms with Gasteiger partial charge in [0.15, 0.2) is 0 Å². The molecule has 0 unspecified atom stereocenters. The van der Waals surface area contributed by atoms with Gasteiger partial charge >= 0.3 is 0 Å². The van der Waals surface area contributed by atoms with E-state index in [0.717, 1.165) is 5.57 Å². The topological polar surface area (TPSA) is 0 Å². The van der Waals surface area contributed by atoms with Gasteiger partial charge in [-0.25, -0.2) is 0 Å². The number of hydrogen-bond acceptors (Lipinski definition) is 0. The van der Waals surface area contributed by atoms with Gasteiger partial charge in [0.05, 0.1) is 0 Å². The Hall–Kier alpha value is -2.60. The molecule has 0 radical (unpaired) electrons. The van der Waals surface area contributed by atoms with Crippen LogP contribution < -0.4 is 0 Å². The van der Waals surface area contributed by atoms with E-state index in [4.69, 9.17) is 0 Å². The molecule has 0 heteroatoms. The van der Waals surface area contributed by atoms with Crippen LogP contribution in [0.3, 0.4) is 0 Å². The van der Waals surface area contributed by atoms with Gasteiger partial charge in [-0.2, -0.15) is 0 Å². The van der Waals surface area contributed by atoms with Crippen molar-refractivity contribution in [3.05, 3.63) is 95.1 Å². The molecule has 0 nitrogen and oxygen atoms in total. The maximum Gasteiger partial charge on any atom is -0.00993 e. The first-order valence-corrected chi connectivity index (χ1v) is 8.82. The number of rotatable bonds is 5. The lowest BCUT2D eigenvalue weighted by atomic mass is 9.89. The van der Waals surface area contributed by atoms with Crippen LogP contribution in [0.2, 0.25) is 0 Å². The second kappa shape index (κ2) is 8.48. The predicted octanol–water partition coefficient (Wildman–Crippen LogP) is 7.74. The first-order valence-electron chi connectivity index (χ1n) is 8.82. The quantitative estimate of drug-likeness (QED) is 0.492. The predicted molar refractivity (Wildman–Crippen MR) is 115 cm³/mol. The van der Waals surface area contributed by atoms with Crippen molar-refractivity contribution in [2.75, 3.05) is 0 Å². The van der Waals surface area contributed by atoms with Gasteiger partial charge in [-0.05, 0) is 67.7 Å². The Morgan fingerprint density at radius 1 is 0.880 bits per heavy atom. The Bertz CT molecular complexity index is 895. The van der Waals surface area contributed by atoms with E-state index in [-0.39, 0.29) is 0 Å². The van der Waals surface area contributed by atoms with E-state index in [2.05, 4.69) is 101 Å². The fourth-order valence-electron chi connectivity index (χ4n) is 3.08. The molecule has 0 saturated carbocycles. The molecule has 0 saturated heterocycles. The summed E-state index contributed by atoms with van der Waals surface area (Å²) in [6, 6.07) is 13.1. The minimum atomic E-state index is 1.06. The fraction of sp³-hybridized carbons (Fsp3) is 0.200. The fourth-order valence-corrected chi connectivity index (χ4v) is 3.08. The second-order valence-corrected chi connectivity index (χ2v) is 6.54. The molecule has 0 spiro atoms. The first-order chi connectivity index (χ1) is 12.0. The molecule has 128 valence electrons. The highest BCUT2D eigenvalue weighted by atomic mass is 14.2. The Labute approximate surface area is 152 Å². The summed E-state index contributed by atoms with van der Waals surface area (Å²) in [5.41, 5.74) is 7.45. The molecule has 2 aromatic rings. The lowest BCUT2D eigenvalue weighted by Crippen LogP contribution is -1.93. The summed E-state index contributed by atoms with van der Waals surface area (Å²) in [4.78, 5) is 0. The molecule has 0 aliphatic rings. The third-order valence-electron chi connectivity index (χ3n) is 4.25. The largest absolute Gasteiger partial charge is 0.0961 e. The van der Waals surface area contributed by atoms with Crippen LogP contribution in [0.25, 0.3) is 22.4 Å². The van der Waals surface area contributed by atoms with Gasteiger partial charge in [-0.3, -0.25) is 0 Å². The average molecular weight is 328 g/mol. The van der Waals surface area contributed by atoms with Gasteiger partial charge in [0.25, 0.3) is 0 Å². The summed E-state index contributed by atoms with van der Waals surface area (Å²) in [6.07, 6.45) is 10.7. The molecule has 0 aromatic heterocycles. The lowest BCUT2D eigenvalue weighted by Gasteiger charge is -2.15. The maximum atomic E-state index is 3.96. The third-order valence-corrected chi connectivity index (χ3v) is 4.25. The summed E-state index contributed by atoms with van der Waals surface area (Å²) in [7, 11) is 0. The van der Waals surface area contributed by atoms with Gasteiger partial charge in [0.2, 0.25) is 0 Å². The molecule has 0 heterocycles. The van der Waals surface area contributed by atoms with E-state index in [1.54, 1.807) is 0 Å². The van der Waals surface area contributed by atoms with E-state index in [1.807, 2.05) is 6.92 Å². The van der Waals surface area contributed by atoms with Crippen LogP contribution in [0.15, 0.2) is 84.0 Å². The van der Waals surface area contributed by atoms with Gasteiger partial charge in [0, 0.05) is 0 Å². The van der Waals surface area contributed by atoms with E-state index < -0.39 is 0 Å². The van der Waals surface area contributed by atoms with E-state index in [0.29, 0.717) is 0 Å². The smallest absolute Gasteiger partial charge is 0.00993 e. The molecular weight excluding hydrogens is 300 g/mol. The van der Waals surface area contributed by atoms with Crippen molar-refractivity contribution in [3.63, 3.8) is 0 Å². The standard InChI is InChI=1S/C25H28/c1-7-11-22(19(5)6)21(8-2)25-17-16-20(15-14-18(3)4)23-12-9-10-13-24(23)25/h7-17H,3H2,1-2,4-6H3. The molecule has 0 amide bonds.